The van der Waals surface area contributed by atoms with Crippen molar-refractivity contribution in [1.29, 1.82) is 0 Å². The van der Waals surface area contributed by atoms with E-state index in [2.05, 4.69) is 52.7 Å². The van der Waals surface area contributed by atoms with Gasteiger partial charge in [-0.2, -0.15) is 0 Å². The van der Waals surface area contributed by atoms with E-state index in [1.54, 1.807) is 6.26 Å². The molecule has 0 saturated carbocycles. The van der Waals surface area contributed by atoms with Crippen molar-refractivity contribution < 1.29 is 4.42 Å². The lowest BCUT2D eigenvalue weighted by atomic mass is 9.97. The SMILES string of the molecule is CCN1C(=S)N[C@H](c2ccccn2)[C@@H]1c1cc(C)n(Cc2ccco2)c1C. The topological polar surface area (TPSA) is 46.2 Å². The Kier molecular flexibility index (Phi) is 4.74. The van der Waals surface area contributed by atoms with E-state index < -0.39 is 0 Å². The number of nitrogens with zero attached hydrogens (tertiary/aromatic N) is 3. The number of aryl methyl sites for hydroxylation is 1. The Morgan fingerprint density at radius 3 is 2.74 bits per heavy atom. The van der Waals surface area contributed by atoms with Gasteiger partial charge in [0.25, 0.3) is 0 Å². The lowest BCUT2D eigenvalue weighted by Gasteiger charge is -2.27. The zero-order valence-corrected chi connectivity index (χ0v) is 16.7. The molecule has 3 aromatic heterocycles. The van der Waals surface area contributed by atoms with Gasteiger partial charge >= 0.3 is 0 Å². The summed E-state index contributed by atoms with van der Waals surface area (Å²) in [6.07, 6.45) is 3.56. The van der Waals surface area contributed by atoms with Gasteiger partial charge in [0, 0.05) is 24.1 Å². The quantitative estimate of drug-likeness (QED) is 0.674. The maximum atomic E-state index is 5.64. The molecule has 0 unspecified atom stereocenters. The molecule has 0 aliphatic carbocycles. The van der Waals surface area contributed by atoms with Crippen LogP contribution >= 0.6 is 12.2 Å². The number of aromatic nitrogens is 2. The average Bonchev–Trinajstić information content (AvgIpc) is 3.37. The predicted molar refractivity (Wildman–Crippen MR) is 110 cm³/mol. The van der Waals surface area contributed by atoms with E-state index in [-0.39, 0.29) is 12.1 Å². The molecule has 0 radical (unpaired) electrons. The van der Waals surface area contributed by atoms with Gasteiger partial charge in [0.2, 0.25) is 0 Å². The normalized spacial score (nSPS) is 19.5. The molecule has 0 spiro atoms. The maximum Gasteiger partial charge on any atom is 0.170 e. The van der Waals surface area contributed by atoms with Gasteiger partial charge in [0.15, 0.2) is 5.11 Å². The van der Waals surface area contributed by atoms with E-state index in [1.165, 1.54) is 17.0 Å². The zero-order valence-electron chi connectivity index (χ0n) is 15.8. The van der Waals surface area contributed by atoms with Crippen LogP contribution in [-0.4, -0.2) is 26.1 Å². The molecule has 2 atom stereocenters. The molecule has 6 heteroatoms. The smallest absolute Gasteiger partial charge is 0.170 e. The number of hydrogen-bond donors (Lipinski definition) is 1. The molecule has 1 aliphatic rings. The molecule has 4 heterocycles. The first kappa shape index (κ1) is 17.8. The third-order valence-electron chi connectivity index (χ3n) is 5.36. The highest BCUT2D eigenvalue weighted by molar-refractivity contribution is 7.80. The fraction of sp³-hybridized carbons (Fsp3) is 0.333. The minimum absolute atomic E-state index is 0.0382. The molecule has 1 N–H and O–H groups in total. The van der Waals surface area contributed by atoms with E-state index in [0.29, 0.717) is 0 Å². The molecule has 140 valence electrons. The summed E-state index contributed by atoms with van der Waals surface area (Å²) in [7, 11) is 0. The summed E-state index contributed by atoms with van der Waals surface area (Å²) in [6, 6.07) is 12.4. The Bertz CT molecular complexity index is 933. The largest absolute Gasteiger partial charge is 0.467 e. The van der Waals surface area contributed by atoms with Crippen molar-refractivity contribution >= 4 is 17.3 Å². The molecule has 1 fully saturated rings. The van der Waals surface area contributed by atoms with Crippen LogP contribution in [0.1, 0.15) is 47.4 Å². The molecular formula is C21H24N4OS. The second-order valence-corrected chi connectivity index (χ2v) is 7.29. The maximum absolute atomic E-state index is 5.64. The Morgan fingerprint density at radius 2 is 2.07 bits per heavy atom. The van der Waals surface area contributed by atoms with Gasteiger partial charge in [-0.05, 0) is 68.9 Å². The molecule has 3 aromatic rings. The van der Waals surface area contributed by atoms with Crippen molar-refractivity contribution in [2.24, 2.45) is 0 Å². The van der Waals surface area contributed by atoms with Crippen LogP contribution in [0.2, 0.25) is 0 Å². The molecule has 1 aliphatic heterocycles. The summed E-state index contributed by atoms with van der Waals surface area (Å²) in [5.74, 6) is 0.956. The first-order valence-corrected chi connectivity index (χ1v) is 9.68. The van der Waals surface area contributed by atoms with Crippen LogP contribution < -0.4 is 5.32 Å². The Balaban J connectivity index is 1.76. The summed E-state index contributed by atoms with van der Waals surface area (Å²) in [6.45, 7) is 8.04. The highest BCUT2D eigenvalue weighted by Crippen LogP contribution is 2.40. The number of hydrogen-bond acceptors (Lipinski definition) is 3. The average molecular weight is 381 g/mol. The third kappa shape index (κ3) is 3.14. The van der Waals surface area contributed by atoms with Crippen molar-refractivity contribution in [3.63, 3.8) is 0 Å². The second kappa shape index (κ2) is 7.19. The molecule has 0 amide bonds. The van der Waals surface area contributed by atoms with Crippen LogP contribution in [-0.2, 0) is 6.54 Å². The second-order valence-electron chi connectivity index (χ2n) is 6.90. The molecule has 0 aromatic carbocycles. The summed E-state index contributed by atoms with van der Waals surface area (Å²) in [5, 5.41) is 4.27. The van der Waals surface area contributed by atoms with Crippen molar-refractivity contribution in [2.45, 2.75) is 39.4 Å². The molecule has 5 nitrogen and oxygen atoms in total. The molecule has 1 saturated heterocycles. The summed E-state index contributed by atoms with van der Waals surface area (Å²) in [5.41, 5.74) is 4.74. The number of rotatable bonds is 5. The van der Waals surface area contributed by atoms with E-state index >= 15 is 0 Å². The lowest BCUT2D eigenvalue weighted by Crippen LogP contribution is -2.29. The van der Waals surface area contributed by atoms with Gasteiger partial charge in [0.1, 0.15) is 5.76 Å². The number of nitrogens with one attached hydrogen (secondary N) is 1. The Hall–Kier alpha value is -2.60. The molecule has 27 heavy (non-hydrogen) atoms. The van der Waals surface area contributed by atoms with Crippen molar-refractivity contribution in [3.8, 4) is 0 Å². The van der Waals surface area contributed by atoms with Gasteiger partial charge in [-0.3, -0.25) is 4.98 Å². The van der Waals surface area contributed by atoms with Gasteiger partial charge in [-0.25, -0.2) is 0 Å². The van der Waals surface area contributed by atoms with E-state index in [0.717, 1.165) is 29.7 Å². The van der Waals surface area contributed by atoms with Gasteiger partial charge in [-0.15, -0.1) is 0 Å². The van der Waals surface area contributed by atoms with Crippen LogP contribution in [0.3, 0.4) is 0 Å². The predicted octanol–water partition coefficient (Wildman–Crippen LogP) is 4.13. The highest BCUT2D eigenvalue weighted by atomic mass is 32.1. The summed E-state index contributed by atoms with van der Waals surface area (Å²) >= 11 is 5.64. The minimum Gasteiger partial charge on any atom is -0.467 e. The van der Waals surface area contributed by atoms with Crippen LogP contribution in [0, 0.1) is 13.8 Å². The number of pyridine rings is 1. The lowest BCUT2D eigenvalue weighted by molar-refractivity contribution is 0.329. The molecular weight excluding hydrogens is 356 g/mol. The third-order valence-corrected chi connectivity index (χ3v) is 5.72. The van der Waals surface area contributed by atoms with Gasteiger partial charge in [-0.1, -0.05) is 6.07 Å². The monoisotopic (exact) mass is 380 g/mol. The van der Waals surface area contributed by atoms with E-state index in [1.807, 2.05) is 30.5 Å². The van der Waals surface area contributed by atoms with Crippen molar-refractivity contribution in [1.82, 2.24) is 19.8 Å². The highest BCUT2D eigenvalue weighted by Gasteiger charge is 2.40. The van der Waals surface area contributed by atoms with Crippen molar-refractivity contribution in [3.05, 3.63) is 77.3 Å². The van der Waals surface area contributed by atoms with E-state index in [4.69, 9.17) is 16.6 Å². The zero-order chi connectivity index (χ0) is 19.0. The number of thiocarbonyl (C=S) groups is 1. The van der Waals surface area contributed by atoms with Crippen LogP contribution in [0.4, 0.5) is 0 Å². The summed E-state index contributed by atoms with van der Waals surface area (Å²) < 4.78 is 7.86. The first-order valence-electron chi connectivity index (χ1n) is 9.27. The molecule has 0 bridgehead atoms. The van der Waals surface area contributed by atoms with Crippen LogP contribution in [0.15, 0.2) is 53.3 Å². The van der Waals surface area contributed by atoms with Gasteiger partial charge < -0.3 is 19.2 Å². The molecule has 4 rings (SSSR count). The Morgan fingerprint density at radius 1 is 1.22 bits per heavy atom. The number of furan rings is 1. The fourth-order valence-corrected chi connectivity index (χ4v) is 4.38. The van der Waals surface area contributed by atoms with Crippen LogP contribution in [0.5, 0.6) is 0 Å². The van der Waals surface area contributed by atoms with Crippen LogP contribution in [0.25, 0.3) is 0 Å². The fourth-order valence-electron chi connectivity index (χ4n) is 4.01. The van der Waals surface area contributed by atoms with Gasteiger partial charge in [0.05, 0.1) is 30.6 Å². The number of likely N-dealkylation sites (N-methyl/N-ethyl adjacent to an activating group) is 1. The Labute approximate surface area is 165 Å². The standard InChI is InChI=1S/C21H24N4OS/c1-4-24-20(19(23-21(24)27)18-9-5-6-10-22-18)17-12-14(2)25(15(17)3)13-16-8-7-11-26-16/h5-12,19-20H,4,13H2,1-3H3,(H,23,27)/t19-,20+/m1/s1. The van der Waals surface area contributed by atoms with Crippen molar-refractivity contribution in [2.75, 3.05) is 6.54 Å². The van der Waals surface area contributed by atoms with E-state index in [9.17, 15) is 0 Å². The summed E-state index contributed by atoms with van der Waals surface area (Å²) in [4.78, 5) is 6.85. The minimum atomic E-state index is 0.0382. The first-order chi connectivity index (χ1) is 13.1.